The van der Waals surface area contributed by atoms with Gasteiger partial charge in [0.15, 0.2) is 0 Å². The molecule has 6 heteroatoms. The minimum absolute atomic E-state index is 0.545. The number of hydrogen-bond donors (Lipinski definition) is 1. The fourth-order valence-corrected chi connectivity index (χ4v) is 3.18. The van der Waals surface area contributed by atoms with Gasteiger partial charge in [0, 0.05) is 0 Å². The maximum Gasteiger partial charge on any atom is 0.207 e. The third-order valence-electron chi connectivity index (χ3n) is 3.31. The topological polar surface area (TPSA) is 41.0 Å². The minimum atomic E-state index is 0.545. The fraction of sp³-hybridized carbons (Fsp3) is 0.818. The van der Waals surface area contributed by atoms with E-state index in [2.05, 4.69) is 20.4 Å². The zero-order chi connectivity index (χ0) is 12.1. The molecule has 0 amide bonds. The first-order valence-corrected chi connectivity index (χ1v) is 7.32. The Morgan fingerprint density at radius 2 is 2.18 bits per heavy atom. The Labute approximate surface area is 111 Å². The zero-order valence-electron chi connectivity index (χ0n) is 10.2. The summed E-state index contributed by atoms with van der Waals surface area (Å²) in [5, 5.41) is 12.2. The monoisotopic (exact) mass is 274 g/mol. The minimum Gasteiger partial charge on any atom is -0.320 e. The van der Waals surface area contributed by atoms with Crippen LogP contribution in [-0.4, -0.2) is 41.8 Å². The molecule has 0 atom stereocenters. The third kappa shape index (κ3) is 4.17. The molecule has 1 aromatic heterocycles. The largest absolute Gasteiger partial charge is 0.320 e. The Bertz CT molecular complexity index is 336. The van der Waals surface area contributed by atoms with Gasteiger partial charge in [-0.15, -0.1) is 10.2 Å². The van der Waals surface area contributed by atoms with Crippen LogP contribution >= 0.6 is 22.9 Å². The predicted octanol–water partition coefficient (Wildman–Crippen LogP) is 2.01. The van der Waals surface area contributed by atoms with E-state index in [4.69, 9.17) is 11.6 Å². The molecule has 2 heterocycles. The van der Waals surface area contributed by atoms with Crippen LogP contribution in [-0.2, 0) is 6.54 Å². The first-order valence-electron chi connectivity index (χ1n) is 6.12. The summed E-state index contributed by atoms with van der Waals surface area (Å²) in [6.07, 6.45) is 3.90. The van der Waals surface area contributed by atoms with Crippen LogP contribution in [0.1, 0.15) is 24.3 Å². The lowest BCUT2D eigenvalue weighted by Crippen LogP contribution is -2.34. The van der Waals surface area contributed by atoms with Gasteiger partial charge in [-0.1, -0.05) is 11.3 Å². The second kappa shape index (κ2) is 6.64. The van der Waals surface area contributed by atoms with Crippen molar-refractivity contribution in [1.82, 2.24) is 20.4 Å². The molecule has 1 aliphatic heterocycles. The highest BCUT2D eigenvalue weighted by Crippen LogP contribution is 2.23. The van der Waals surface area contributed by atoms with E-state index in [0.29, 0.717) is 4.47 Å². The third-order valence-corrected chi connectivity index (χ3v) is 4.31. The van der Waals surface area contributed by atoms with Gasteiger partial charge >= 0.3 is 0 Å². The lowest BCUT2D eigenvalue weighted by Gasteiger charge is -2.31. The van der Waals surface area contributed by atoms with E-state index >= 15 is 0 Å². The normalized spacial score (nSPS) is 18.7. The molecule has 1 fully saturated rings. The van der Waals surface area contributed by atoms with Crippen molar-refractivity contribution in [3.05, 3.63) is 9.47 Å². The average molecular weight is 275 g/mol. The van der Waals surface area contributed by atoms with Gasteiger partial charge in [-0.3, -0.25) is 4.90 Å². The maximum atomic E-state index is 5.78. The molecule has 2 rings (SSSR count). The Hall–Kier alpha value is -0.230. The quantitative estimate of drug-likeness (QED) is 0.892. The molecule has 0 saturated carbocycles. The summed E-state index contributed by atoms with van der Waals surface area (Å²) < 4.78 is 0.545. The number of nitrogens with one attached hydrogen (secondary N) is 1. The molecule has 17 heavy (non-hydrogen) atoms. The van der Waals surface area contributed by atoms with Crippen molar-refractivity contribution < 1.29 is 0 Å². The second-order valence-corrected chi connectivity index (χ2v) is 6.20. The van der Waals surface area contributed by atoms with Crippen molar-refractivity contribution in [1.29, 1.82) is 0 Å². The highest BCUT2D eigenvalue weighted by molar-refractivity contribution is 7.15. The SMILES string of the molecule is CNCCC1CCN(Cc2nnc(Cl)s2)CC1. The van der Waals surface area contributed by atoms with E-state index in [1.54, 1.807) is 0 Å². The summed E-state index contributed by atoms with van der Waals surface area (Å²) in [5.74, 6) is 0.886. The Kier molecular flexibility index (Phi) is 5.16. The van der Waals surface area contributed by atoms with Crippen LogP contribution in [0.5, 0.6) is 0 Å². The lowest BCUT2D eigenvalue weighted by atomic mass is 9.93. The molecule has 0 spiro atoms. The van der Waals surface area contributed by atoms with Crippen molar-refractivity contribution in [2.45, 2.75) is 25.8 Å². The summed E-state index contributed by atoms with van der Waals surface area (Å²) >= 11 is 7.27. The van der Waals surface area contributed by atoms with Crippen LogP contribution in [0, 0.1) is 5.92 Å². The summed E-state index contributed by atoms with van der Waals surface area (Å²) in [7, 11) is 2.02. The number of aromatic nitrogens is 2. The maximum absolute atomic E-state index is 5.78. The van der Waals surface area contributed by atoms with Crippen molar-refractivity contribution in [2.24, 2.45) is 5.92 Å². The second-order valence-electron chi connectivity index (χ2n) is 4.56. The first-order chi connectivity index (χ1) is 8.28. The molecule has 0 unspecified atom stereocenters. The highest BCUT2D eigenvalue weighted by atomic mass is 35.5. The number of likely N-dealkylation sites (tertiary alicyclic amines) is 1. The Morgan fingerprint density at radius 3 is 2.76 bits per heavy atom. The molecule has 0 aromatic carbocycles. The molecule has 1 saturated heterocycles. The molecule has 0 aliphatic carbocycles. The van der Waals surface area contributed by atoms with Crippen LogP contribution in [0.2, 0.25) is 4.47 Å². The summed E-state index contributed by atoms with van der Waals surface area (Å²) in [6.45, 7) is 4.39. The standard InChI is InChI=1S/C11H19ClN4S/c1-13-5-2-9-3-6-16(7-4-9)8-10-14-15-11(12)17-10/h9,13H,2-8H2,1H3. The van der Waals surface area contributed by atoms with E-state index in [0.717, 1.165) is 24.0 Å². The number of nitrogens with zero attached hydrogens (tertiary/aromatic N) is 3. The van der Waals surface area contributed by atoms with Crippen LogP contribution in [0.15, 0.2) is 0 Å². The van der Waals surface area contributed by atoms with E-state index in [1.165, 1.54) is 43.7 Å². The van der Waals surface area contributed by atoms with E-state index in [-0.39, 0.29) is 0 Å². The van der Waals surface area contributed by atoms with Gasteiger partial charge < -0.3 is 5.32 Å². The summed E-state index contributed by atoms with van der Waals surface area (Å²) in [4.78, 5) is 2.45. The van der Waals surface area contributed by atoms with Gasteiger partial charge in [0.2, 0.25) is 4.47 Å². The molecule has 1 N–H and O–H groups in total. The van der Waals surface area contributed by atoms with Crippen LogP contribution < -0.4 is 5.32 Å². The van der Waals surface area contributed by atoms with Gasteiger partial charge in [0.25, 0.3) is 0 Å². The summed E-state index contributed by atoms with van der Waals surface area (Å²) in [6, 6.07) is 0. The van der Waals surface area contributed by atoms with Gasteiger partial charge in [-0.25, -0.2) is 0 Å². The molecule has 0 bridgehead atoms. The van der Waals surface area contributed by atoms with Gasteiger partial charge in [-0.2, -0.15) is 0 Å². The summed E-state index contributed by atoms with van der Waals surface area (Å²) in [5.41, 5.74) is 0. The van der Waals surface area contributed by atoms with E-state index < -0.39 is 0 Å². The molecular formula is C11H19ClN4S. The first kappa shape index (κ1) is 13.2. The van der Waals surface area contributed by atoms with Crippen molar-refractivity contribution in [3.63, 3.8) is 0 Å². The lowest BCUT2D eigenvalue weighted by molar-refractivity contribution is 0.172. The van der Waals surface area contributed by atoms with E-state index in [1.807, 2.05) is 7.05 Å². The zero-order valence-corrected chi connectivity index (χ0v) is 11.7. The van der Waals surface area contributed by atoms with E-state index in [9.17, 15) is 0 Å². The highest BCUT2D eigenvalue weighted by Gasteiger charge is 2.19. The van der Waals surface area contributed by atoms with Gasteiger partial charge in [0.05, 0.1) is 6.54 Å². The van der Waals surface area contributed by atoms with Crippen LogP contribution in [0.3, 0.4) is 0 Å². The molecule has 1 aliphatic rings. The average Bonchev–Trinajstić information content (AvgIpc) is 2.74. The number of rotatable bonds is 5. The smallest absolute Gasteiger partial charge is 0.207 e. The predicted molar refractivity (Wildman–Crippen MR) is 71.5 cm³/mol. The van der Waals surface area contributed by atoms with Crippen molar-refractivity contribution >= 4 is 22.9 Å². The molecule has 0 radical (unpaired) electrons. The number of piperidine rings is 1. The Morgan fingerprint density at radius 1 is 1.41 bits per heavy atom. The molecular weight excluding hydrogens is 256 g/mol. The molecule has 96 valence electrons. The molecule has 1 aromatic rings. The van der Waals surface area contributed by atoms with Crippen molar-refractivity contribution in [2.75, 3.05) is 26.7 Å². The number of hydrogen-bond acceptors (Lipinski definition) is 5. The van der Waals surface area contributed by atoms with Crippen molar-refractivity contribution in [3.8, 4) is 0 Å². The van der Waals surface area contributed by atoms with Gasteiger partial charge in [-0.05, 0) is 63.5 Å². The van der Waals surface area contributed by atoms with Gasteiger partial charge in [0.1, 0.15) is 5.01 Å². The Balaban J connectivity index is 1.72. The van der Waals surface area contributed by atoms with Crippen LogP contribution in [0.25, 0.3) is 0 Å². The van der Waals surface area contributed by atoms with Crippen LogP contribution in [0.4, 0.5) is 0 Å². The fourth-order valence-electron chi connectivity index (χ4n) is 2.27. The molecule has 4 nitrogen and oxygen atoms in total. The number of halogens is 1.